The standard InChI is InChI=1S/C27H37Br2ClN4O7S3/c1-41-14-13-34(18-24(35)36)43(37,38)21-15-23(29)27(31-17-21)32-9-5-19(6-10-32)3-2-4-20-7-11-33(12-8-20)44(39,40)25-16-22(28)26(30)42-25/h15-17,19-20H,2-14,18H2,1H3,(H,35,36). The molecule has 0 radical (unpaired) electrons. The van der Waals surface area contributed by atoms with E-state index in [4.69, 9.17) is 16.3 Å². The Morgan fingerprint density at radius 2 is 1.68 bits per heavy atom. The Hall–Kier alpha value is -0.850. The third-order valence-electron chi connectivity index (χ3n) is 8.22. The summed E-state index contributed by atoms with van der Waals surface area (Å²) >= 11 is 13.9. The monoisotopic (exact) mass is 818 g/mol. The highest BCUT2D eigenvalue weighted by molar-refractivity contribution is 9.11. The maximum Gasteiger partial charge on any atom is 0.318 e. The van der Waals surface area contributed by atoms with Gasteiger partial charge in [0.25, 0.3) is 10.0 Å². The van der Waals surface area contributed by atoms with Crippen LogP contribution in [0.4, 0.5) is 5.82 Å². The lowest BCUT2D eigenvalue weighted by molar-refractivity contribution is -0.137. The fourth-order valence-electron chi connectivity index (χ4n) is 5.71. The van der Waals surface area contributed by atoms with E-state index < -0.39 is 32.6 Å². The molecule has 11 nitrogen and oxygen atoms in total. The summed E-state index contributed by atoms with van der Waals surface area (Å²) in [6.45, 7) is 2.01. The van der Waals surface area contributed by atoms with E-state index in [1.807, 2.05) is 0 Å². The Balaban J connectivity index is 1.22. The van der Waals surface area contributed by atoms with Gasteiger partial charge in [0, 0.05) is 50.5 Å². The van der Waals surface area contributed by atoms with Crippen molar-refractivity contribution in [2.75, 3.05) is 57.9 Å². The highest BCUT2D eigenvalue weighted by atomic mass is 79.9. The van der Waals surface area contributed by atoms with Crippen LogP contribution in [0.5, 0.6) is 0 Å². The summed E-state index contributed by atoms with van der Waals surface area (Å²) in [7, 11) is -6.16. The first-order valence-corrected chi connectivity index (χ1v) is 20.0. The number of nitrogens with zero attached hydrogens (tertiary/aromatic N) is 4. The van der Waals surface area contributed by atoms with Crippen LogP contribution in [0.1, 0.15) is 44.9 Å². The number of hydrogen-bond donors (Lipinski definition) is 1. The lowest BCUT2D eigenvalue weighted by Gasteiger charge is -2.34. The molecule has 4 rings (SSSR count). The minimum atomic E-state index is -4.07. The van der Waals surface area contributed by atoms with Crippen molar-refractivity contribution in [3.63, 3.8) is 0 Å². The smallest absolute Gasteiger partial charge is 0.318 e. The van der Waals surface area contributed by atoms with Gasteiger partial charge in [-0.15, -0.1) is 11.3 Å². The molecular weight excluding hydrogens is 784 g/mol. The van der Waals surface area contributed by atoms with Gasteiger partial charge in [0.1, 0.15) is 25.8 Å². The van der Waals surface area contributed by atoms with Crippen molar-refractivity contribution in [2.45, 2.75) is 54.1 Å². The SMILES string of the molecule is COCCN(CC(=O)O)S(=O)(=O)c1cnc(N2CCC(CCCC3CCN(S(=O)(=O)c4cc(Br)c(Cl)s4)CC3)CC2)c(Br)c1. The van der Waals surface area contributed by atoms with Gasteiger partial charge in [-0.1, -0.05) is 30.9 Å². The number of hydrogen-bond acceptors (Lipinski definition) is 9. The summed E-state index contributed by atoms with van der Waals surface area (Å²) in [5.41, 5.74) is 0. The molecule has 0 saturated carbocycles. The molecule has 2 aliphatic heterocycles. The van der Waals surface area contributed by atoms with E-state index in [1.54, 1.807) is 10.4 Å². The number of pyridine rings is 1. The average Bonchev–Trinajstić information content (AvgIpc) is 3.34. The van der Waals surface area contributed by atoms with Crippen LogP contribution in [0.2, 0.25) is 4.34 Å². The number of thiophene rings is 1. The Labute approximate surface area is 285 Å². The molecule has 2 fully saturated rings. The summed E-state index contributed by atoms with van der Waals surface area (Å²) in [6, 6.07) is 3.06. The number of sulfonamides is 2. The number of carbonyl (C=O) groups is 1. The molecule has 0 bridgehead atoms. The molecule has 2 aliphatic rings. The van der Waals surface area contributed by atoms with Crippen LogP contribution in [0.15, 0.2) is 36.4 Å². The predicted octanol–water partition coefficient (Wildman–Crippen LogP) is 5.53. The molecule has 4 heterocycles. The number of ether oxygens (including phenoxy) is 1. The highest BCUT2D eigenvalue weighted by Crippen LogP contribution is 2.37. The molecule has 246 valence electrons. The Kier molecular flexibility index (Phi) is 12.9. The maximum atomic E-state index is 13.1. The number of methoxy groups -OCH3 is 1. The minimum Gasteiger partial charge on any atom is -0.480 e. The van der Waals surface area contributed by atoms with Gasteiger partial charge in [-0.3, -0.25) is 4.79 Å². The zero-order valence-electron chi connectivity index (χ0n) is 24.3. The number of anilines is 1. The fourth-order valence-corrected chi connectivity index (χ4v) is 11.7. The van der Waals surface area contributed by atoms with Gasteiger partial charge >= 0.3 is 5.97 Å². The van der Waals surface area contributed by atoms with Crippen LogP contribution in [-0.4, -0.2) is 94.5 Å². The first-order valence-electron chi connectivity index (χ1n) is 14.4. The van der Waals surface area contributed by atoms with Gasteiger partial charge in [-0.05, 0) is 81.5 Å². The lowest BCUT2D eigenvalue weighted by Crippen LogP contribution is -2.38. The molecule has 2 aromatic heterocycles. The molecule has 0 amide bonds. The fraction of sp³-hybridized carbons (Fsp3) is 0.630. The van der Waals surface area contributed by atoms with E-state index in [1.165, 1.54) is 19.4 Å². The van der Waals surface area contributed by atoms with Crippen LogP contribution < -0.4 is 4.90 Å². The van der Waals surface area contributed by atoms with E-state index in [-0.39, 0.29) is 22.3 Å². The van der Waals surface area contributed by atoms with Gasteiger partial charge < -0.3 is 14.7 Å². The van der Waals surface area contributed by atoms with E-state index in [2.05, 4.69) is 41.7 Å². The summed E-state index contributed by atoms with van der Waals surface area (Å²) < 4.78 is 61.4. The van der Waals surface area contributed by atoms with Gasteiger partial charge in [-0.25, -0.2) is 21.8 Å². The molecular formula is C27H37Br2ClN4O7S3. The number of aromatic nitrogens is 1. The topological polar surface area (TPSA) is 137 Å². The second-order valence-corrected chi connectivity index (χ2v) is 18.6. The summed E-state index contributed by atoms with van der Waals surface area (Å²) in [5, 5.41) is 9.18. The quantitative estimate of drug-likeness (QED) is 0.261. The number of rotatable bonds is 14. The number of carboxylic acid groups (broad SMARTS) is 1. The largest absolute Gasteiger partial charge is 0.480 e. The summed E-state index contributed by atoms with van der Waals surface area (Å²) in [6.07, 6.45) is 8.36. The molecule has 1 N–H and O–H groups in total. The van der Waals surface area contributed by atoms with Gasteiger partial charge in [-0.2, -0.15) is 8.61 Å². The molecule has 2 aromatic rings. The first kappa shape index (κ1) is 36.0. The van der Waals surface area contributed by atoms with Crippen molar-refractivity contribution in [3.05, 3.63) is 31.6 Å². The van der Waals surface area contributed by atoms with Crippen LogP contribution in [0, 0.1) is 11.8 Å². The Morgan fingerprint density at radius 1 is 1.07 bits per heavy atom. The third-order valence-corrected chi connectivity index (χ3v) is 15.4. The van der Waals surface area contributed by atoms with Crippen molar-refractivity contribution < 1.29 is 31.5 Å². The molecule has 0 unspecified atom stereocenters. The second kappa shape index (κ2) is 15.8. The average molecular weight is 821 g/mol. The van der Waals surface area contributed by atoms with Crippen LogP contribution in [-0.2, 0) is 29.6 Å². The molecule has 0 spiro atoms. The predicted molar refractivity (Wildman–Crippen MR) is 178 cm³/mol. The summed E-state index contributed by atoms with van der Waals surface area (Å²) in [5.74, 6) is 0.540. The van der Waals surface area contributed by atoms with Crippen molar-refractivity contribution in [3.8, 4) is 0 Å². The third kappa shape index (κ3) is 8.94. The van der Waals surface area contributed by atoms with Crippen molar-refractivity contribution in [1.29, 1.82) is 0 Å². The normalized spacial score (nSPS) is 17.9. The van der Waals surface area contributed by atoms with Crippen molar-refractivity contribution in [1.82, 2.24) is 13.6 Å². The van der Waals surface area contributed by atoms with Crippen molar-refractivity contribution in [2.24, 2.45) is 11.8 Å². The summed E-state index contributed by atoms with van der Waals surface area (Å²) in [4.78, 5) is 17.8. The molecule has 0 atom stereocenters. The Morgan fingerprint density at radius 3 is 2.20 bits per heavy atom. The van der Waals surface area contributed by atoms with E-state index >= 15 is 0 Å². The number of halogens is 3. The minimum absolute atomic E-state index is 0.0716. The van der Waals surface area contributed by atoms with Crippen LogP contribution >= 0.6 is 54.8 Å². The van der Waals surface area contributed by atoms with Crippen molar-refractivity contribution >= 4 is 86.6 Å². The van der Waals surface area contributed by atoms with Gasteiger partial charge in [0.05, 0.1) is 11.1 Å². The molecule has 0 aliphatic carbocycles. The zero-order chi connectivity index (χ0) is 32.1. The van der Waals surface area contributed by atoms with E-state index in [9.17, 15) is 26.7 Å². The molecule has 17 heteroatoms. The molecule has 2 saturated heterocycles. The second-order valence-electron chi connectivity index (χ2n) is 11.1. The molecule has 0 aromatic carbocycles. The number of piperidine rings is 2. The van der Waals surface area contributed by atoms with Crippen LogP contribution in [0.25, 0.3) is 0 Å². The Bertz CT molecular complexity index is 1490. The number of carboxylic acids is 1. The number of aliphatic carboxylic acids is 1. The van der Waals surface area contributed by atoms with Gasteiger partial charge in [0.2, 0.25) is 10.0 Å². The maximum absolute atomic E-state index is 13.1. The molecule has 44 heavy (non-hydrogen) atoms. The highest BCUT2D eigenvalue weighted by Gasteiger charge is 2.32. The van der Waals surface area contributed by atoms with Gasteiger partial charge in [0.15, 0.2) is 0 Å². The van der Waals surface area contributed by atoms with Crippen LogP contribution in [0.3, 0.4) is 0 Å². The zero-order valence-corrected chi connectivity index (χ0v) is 30.7. The van der Waals surface area contributed by atoms with E-state index in [0.29, 0.717) is 44.0 Å². The first-order chi connectivity index (χ1) is 20.8. The van der Waals surface area contributed by atoms with E-state index in [0.717, 1.165) is 73.7 Å². The lowest BCUT2D eigenvalue weighted by atomic mass is 9.87.